The molecule has 0 bridgehead atoms. The standard InChI is InChI=1S/C34H27F5N2O/c1-2-3-4-5-22-20-40-33(41-21-22)24-6-12-27(13-7-24)34(38,39)42-28-14-8-23(9-15-28)25-10-16-29(31(36)18-25)26-11-17-30(35)32(37)19-26/h6-21H,2-5H2,1H3. The summed E-state index contributed by atoms with van der Waals surface area (Å²) in [5, 5.41) is 0. The van der Waals surface area contributed by atoms with Crippen molar-refractivity contribution < 1.29 is 26.7 Å². The smallest absolute Gasteiger partial charge is 0.426 e. The third kappa shape index (κ3) is 6.65. The van der Waals surface area contributed by atoms with Crippen LogP contribution in [0.3, 0.4) is 0 Å². The van der Waals surface area contributed by atoms with Crippen LogP contribution >= 0.6 is 0 Å². The first-order valence-electron chi connectivity index (χ1n) is 13.6. The quantitative estimate of drug-likeness (QED) is 0.123. The predicted octanol–water partition coefficient (Wildman–Crippen LogP) is 9.76. The monoisotopic (exact) mass is 574 g/mol. The molecule has 0 saturated carbocycles. The van der Waals surface area contributed by atoms with Gasteiger partial charge in [-0.3, -0.25) is 0 Å². The van der Waals surface area contributed by atoms with Gasteiger partial charge in [-0.1, -0.05) is 62.2 Å². The fourth-order valence-electron chi connectivity index (χ4n) is 4.54. The molecule has 0 atom stereocenters. The van der Waals surface area contributed by atoms with Crippen LogP contribution in [0.1, 0.15) is 37.3 Å². The number of benzene rings is 4. The van der Waals surface area contributed by atoms with Crippen molar-refractivity contribution in [2.24, 2.45) is 0 Å². The van der Waals surface area contributed by atoms with Gasteiger partial charge in [0.2, 0.25) is 0 Å². The maximum Gasteiger partial charge on any atom is 0.426 e. The maximum absolute atomic E-state index is 15.0. The van der Waals surface area contributed by atoms with Crippen molar-refractivity contribution in [3.63, 3.8) is 0 Å². The van der Waals surface area contributed by atoms with Gasteiger partial charge in [0, 0.05) is 23.5 Å². The van der Waals surface area contributed by atoms with Crippen LogP contribution in [0.15, 0.2) is 97.3 Å². The van der Waals surface area contributed by atoms with E-state index in [1.54, 1.807) is 18.5 Å². The van der Waals surface area contributed by atoms with Crippen molar-refractivity contribution in [2.45, 2.75) is 38.7 Å². The number of rotatable bonds is 10. The molecule has 1 heterocycles. The molecule has 5 aromatic rings. The minimum Gasteiger partial charge on any atom is -0.429 e. The Morgan fingerprint density at radius 1 is 0.643 bits per heavy atom. The first-order chi connectivity index (χ1) is 20.2. The summed E-state index contributed by atoms with van der Waals surface area (Å²) in [6.07, 6.45) is 4.17. The molecule has 0 fully saturated rings. The molecule has 0 unspecified atom stereocenters. The Morgan fingerprint density at radius 3 is 1.90 bits per heavy atom. The van der Waals surface area contributed by atoms with Crippen LogP contribution < -0.4 is 4.74 Å². The Labute approximate surface area is 240 Å². The molecule has 5 rings (SSSR count). The van der Waals surface area contributed by atoms with Gasteiger partial charge < -0.3 is 4.74 Å². The van der Waals surface area contributed by atoms with Crippen LogP contribution in [0, 0.1) is 17.5 Å². The van der Waals surface area contributed by atoms with E-state index < -0.39 is 23.6 Å². The van der Waals surface area contributed by atoms with Gasteiger partial charge >= 0.3 is 6.11 Å². The van der Waals surface area contributed by atoms with Crippen LogP contribution in [0.2, 0.25) is 0 Å². The van der Waals surface area contributed by atoms with E-state index in [0.29, 0.717) is 22.5 Å². The number of unbranched alkanes of at least 4 members (excludes halogenated alkanes) is 2. The molecule has 0 aliphatic heterocycles. The van der Waals surface area contributed by atoms with Crippen molar-refractivity contribution in [1.29, 1.82) is 0 Å². The first-order valence-corrected chi connectivity index (χ1v) is 13.6. The average Bonchev–Trinajstić information content (AvgIpc) is 2.99. The second kappa shape index (κ2) is 12.5. The van der Waals surface area contributed by atoms with Gasteiger partial charge in [0.05, 0.1) is 5.56 Å². The van der Waals surface area contributed by atoms with E-state index in [2.05, 4.69) is 16.9 Å². The van der Waals surface area contributed by atoms with Crippen molar-refractivity contribution in [2.75, 3.05) is 0 Å². The van der Waals surface area contributed by atoms with Gasteiger partial charge in [0.15, 0.2) is 17.5 Å². The highest BCUT2D eigenvalue weighted by atomic mass is 19.3. The minimum atomic E-state index is -3.61. The van der Waals surface area contributed by atoms with Gasteiger partial charge in [0.25, 0.3) is 0 Å². The molecule has 0 amide bonds. The Hall–Kier alpha value is -4.59. The van der Waals surface area contributed by atoms with Gasteiger partial charge in [-0.2, -0.15) is 8.78 Å². The van der Waals surface area contributed by atoms with Crippen molar-refractivity contribution in [3.8, 4) is 39.4 Å². The Morgan fingerprint density at radius 2 is 1.26 bits per heavy atom. The van der Waals surface area contributed by atoms with E-state index in [1.165, 1.54) is 66.7 Å². The number of ether oxygens (including phenoxy) is 1. The number of aryl methyl sites for hydroxylation is 1. The number of halogens is 5. The van der Waals surface area contributed by atoms with Gasteiger partial charge in [-0.15, -0.1) is 0 Å². The molecule has 42 heavy (non-hydrogen) atoms. The molecular weight excluding hydrogens is 547 g/mol. The summed E-state index contributed by atoms with van der Waals surface area (Å²) >= 11 is 0. The Bertz CT molecular complexity index is 1650. The normalized spacial score (nSPS) is 11.5. The molecule has 3 nitrogen and oxygen atoms in total. The molecule has 8 heteroatoms. The van der Waals surface area contributed by atoms with E-state index in [9.17, 15) is 22.0 Å². The van der Waals surface area contributed by atoms with E-state index >= 15 is 0 Å². The van der Waals surface area contributed by atoms with Crippen LogP contribution in [0.4, 0.5) is 22.0 Å². The number of hydrogen-bond acceptors (Lipinski definition) is 3. The molecule has 214 valence electrons. The zero-order valence-electron chi connectivity index (χ0n) is 22.8. The summed E-state index contributed by atoms with van der Waals surface area (Å²) < 4.78 is 76.5. The number of alkyl halides is 2. The van der Waals surface area contributed by atoms with Crippen molar-refractivity contribution in [3.05, 3.63) is 126 Å². The van der Waals surface area contributed by atoms with Gasteiger partial charge in [-0.05, 0) is 77.6 Å². The third-order valence-electron chi connectivity index (χ3n) is 6.89. The van der Waals surface area contributed by atoms with E-state index in [-0.39, 0.29) is 22.4 Å². The van der Waals surface area contributed by atoms with E-state index in [4.69, 9.17) is 4.74 Å². The first kappa shape index (κ1) is 28.9. The van der Waals surface area contributed by atoms with Gasteiger partial charge in [0.1, 0.15) is 11.6 Å². The zero-order chi connectivity index (χ0) is 29.7. The van der Waals surface area contributed by atoms with Crippen LogP contribution in [-0.4, -0.2) is 9.97 Å². The van der Waals surface area contributed by atoms with E-state index in [0.717, 1.165) is 43.4 Å². The molecule has 0 aliphatic carbocycles. The highest BCUT2D eigenvalue weighted by Crippen LogP contribution is 2.34. The Balaban J connectivity index is 1.25. The predicted molar refractivity (Wildman–Crippen MR) is 152 cm³/mol. The van der Waals surface area contributed by atoms with Crippen LogP contribution in [0.25, 0.3) is 33.6 Å². The molecule has 0 radical (unpaired) electrons. The van der Waals surface area contributed by atoms with Crippen molar-refractivity contribution in [1.82, 2.24) is 9.97 Å². The molecule has 0 saturated heterocycles. The lowest BCUT2D eigenvalue weighted by Gasteiger charge is -2.19. The third-order valence-corrected chi connectivity index (χ3v) is 6.89. The zero-order valence-corrected chi connectivity index (χ0v) is 22.8. The highest BCUT2D eigenvalue weighted by Gasteiger charge is 2.34. The molecule has 0 aliphatic rings. The number of nitrogens with zero attached hydrogens (tertiary/aromatic N) is 2. The maximum atomic E-state index is 15.0. The number of hydrogen-bond donors (Lipinski definition) is 0. The molecular formula is C34H27F5N2O. The second-order valence-electron chi connectivity index (χ2n) is 9.92. The van der Waals surface area contributed by atoms with E-state index in [1.807, 2.05) is 0 Å². The summed E-state index contributed by atoms with van der Waals surface area (Å²) in [6, 6.07) is 18.9. The van der Waals surface area contributed by atoms with Gasteiger partial charge in [-0.25, -0.2) is 23.1 Å². The molecule has 4 aromatic carbocycles. The Kier molecular flexibility index (Phi) is 8.61. The average molecular weight is 575 g/mol. The summed E-state index contributed by atoms with van der Waals surface area (Å²) in [5.74, 6) is -2.35. The lowest BCUT2D eigenvalue weighted by Crippen LogP contribution is -2.21. The topological polar surface area (TPSA) is 35.0 Å². The summed E-state index contributed by atoms with van der Waals surface area (Å²) in [6.45, 7) is 2.14. The molecule has 0 N–H and O–H groups in total. The SMILES string of the molecule is CCCCCc1cnc(-c2ccc(C(F)(F)Oc3ccc(-c4ccc(-c5ccc(F)c(F)c5)c(F)c4)cc3)cc2)nc1. The summed E-state index contributed by atoms with van der Waals surface area (Å²) in [5.41, 5.74) is 2.65. The summed E-state index contributed by atoms with van der Waals surface area (Å²) in [7, 11) is 0. The largest absolute Gasteiger partial charge is 0.429 e. The molecule has 0 spiro atoms. The minimum absolute atomic E-state index is 0.0753. The van der Waals surface area contributed by atoms with Crippen molar-refractivity contribution >= 4 is 0 Å². The number of aromatic nitrogens is 2. The fourth-order valence-corrected chi connectivity index (χ4v) is 4.54. The lowest BCUT2D eigenvalue weighted by atomic mass is 9.99. The molecule has 1 aromatic heterocycles. The van der Waals surface area contributed by atoms with Crippen LogP contribution in [-0.2, 0) is 12.5 Å². The summed E-state index contributed by atoms with van der Waals surface area (Å²) in [4.78, 5) is 8.74. The second-order valence-corrected chi connectivity index (χ2v) is 9.92. The fraction of sp³-hybridized carbons (Fsp3) is 0.176. The highest BCUT2D eigenvalue weighted by molar-refractivity contribution is 5.71. The lowest BCUT2D eigenvalue weighted by molar-refractivity contribution is -0.185. The van der Waals surface area contributed by atoms with Crippen LogP contribution in [0.5, 0.6) is 5.75 Å².